The van der Waals surface area contributed by atoms with Crippen molar-refractivity contribution in [3.63, 3.8) is 0 Å². The lowest BCUT2D eigenvalue weighted by Gasteiger charge is -2.23. The summed E-state index contributed by atoms with van der Waals surface area (Å²) >= 11 is 1.33. The van der Waals surface area contributed by atoms with Crippen LogP contribution in [0.5, 0.6) is 0 Å². The molecule has 0 unspecified atom stereocenters. The molecule has 8 nitrogen and oxygen atoms in total. The molecule has 1 fully saturated rings. The Balaban J connectivity index is 1.71. The molecule has 2 N–H and O–H groups in total. The van der Waals surface area contributed by atoms with Crippen molar-refractivity contribution in [1.82, 2.24) is 14.9 Å². The summed E-state index contributed by atoms with van der Waals surface area (Å²) in [6.07, 6.45) is 2.29. The highest BCUT2D eigenvalue weighted by molar-refractivity contribution is 7.07. The number of thiazole rings is 1. The van der Waals surface area contributed by atoms with Crippen LogP contribution in [0.4, 0.5) is 16.3 Å². The van der Waals surface area contributed by atoms with Crippen LogP contribution < -0.4 is 15.5 Å². The summed E-state index contributed by atoms with van der Waals surface area (Å²) in [6, 6.07) is 7.11. The Hall–Kier alpha value is -3.20. The maximum Gasteiger partial charge on any atom is 0.327 e. The Morgan fingerprint density at radius 2 is 1.97 bits per heavy atom. The van der Waals surface area contributed by atoms with Crippen LogP contribution in [0, 0.1) is 5.41 Å². The Morgan fingerprint density at radius 1 is 1.22 bits per heavy atom. The number of nitrogens with one attached hydrogen (secondary N) is 2. The minimum atomic E-state index is -0.382. The van der Waals surface area contributed by atoms with Gasteiger partial charge in [-0.3, -0.25) is 9.59 Å². The van der Waals surface area contributed by atoms with Crippen molar-refractivity contribution in [2.24, 2.45) is 5.41 Å². The van der Waals surface area contributed by atoms with Crippen LogP contribution >= 0.6 is 11.3 Å². The zero-order valence-corrected chi connectivity index (χ0v) is 19.5. The first kappa shape index (κ1) is 22.0. The van der Waals surface area contributed by atoms with Gasteiger partial charge in [0.15, 0.2) is 0 Å². The predicted molar refractivity (Wildman–Crippen MR) is 126 cm³/mol. The molecule has 0 spiro atoms. The maximum atomic E-state index is 13.1. The predicted octanol–water partition coefficient (Wildman–Crippen LogP) is 4.47. The van der Waals surface area contributed by atoms with Crippen LogP contribution in [0.3, 0.4) is 0 Å². The van der Waals surface area contributed by atoms with E-state index >= 15 is 0 Å². The minimum Gasteiger partial charge on any atom is -0.335 e. The summed E-state index contributed by atoms with van der Waals surface area (Å²) in [5.74, 6) is -0.0290. The second-order valence-electron chi connectivity index (χ2n) is 9.35. The summed E-state index contributed by atoms with van der Waals surface area (Å²) in [7, 11) is 1.73. The maximum absolute atomic E-state index is 13.1. The van der Waals surface area contributed by atoms with Gasteiger partial charge in [0.05, 0.1) is 11.0 Å². The molecule has 0 radical (unpaired) electrons. The number of benzene rings is 1. The van der Waals surface area contributed by atoms with Gasteiger partial charge in [-0.2, -0.15) is 0 Å². The third-order valence-electron chi connectivity index (χ3n) is 5.25. The van der Waals surface area contributed by atoms with Gasteiger partial charge in [-0.25, -0.2) is 14.3 Å². The molecule has 1 aliphatic carbocycles. The normalized spacial score (nSPS) is 13.8. The molecule has 3 amide bonds. The third-order valence-corrected chi connectivity index (χ3v) is 5.83. The van der Waals surface area contributed by atoms with Gasteiger partial charge in [0.1, 0.15) is 11.5 Å². The van der Waals surface area contributed by atoms with Gasteiger partial charge in [-0.05, 0) is 36.5 Å². The molecule has 1 aromatic carbocycles. The van der Waals surface area contributed by atoms with E-state index in [1.807, 2.05) is 32.9 Å². The van der Waals surface area contributed by atoms with Crippen molar-refractivity contribution >= 4 is 51.6 Å². The molecule has 0 saturated heterocycles. The van der Waals surface area contributed by atoms with Crippen molar-refractivity contribution < 1.29 is 14.4 Å². The fourth-order valence-corrected chi connectivity index (χ4v) is 3.93. The lowest BCUT2D eigenvalue weighted by atomic mass is 9.91. The quantitative estimate of drug-likeness (QED) is 0.596. The molecule has 1 aliphatic rings. The molecule has 4 rings (SSSR count). The summed E-state index contributed by atoms with van der Waals surface area (Å²) in [6.45, 7) is 6.06. The highest BCUT2D eigenvalue weighted by atomic mass is 32.1. The molecule has 0 aliphatic heterocycles. The number of anilines is 2. The van der Waals surface area contributed by atoms with Crippen LogP contribution in [0.2, 0.25) is 0 Å². The lowest BCUT2D eigenvalue weighted by molar-refractivity contribution is -0.120. The van der Waals surface area contributed by atoms with E-state index in [1.54, 1.807) is 35.0 Å². The lowest BCUT2D eigenvalue weighted by Crippen LogP contribution is -2.32. The number of aromatic nitrogens is 2. The van der Waals surface area contributed by atoms with Gasteiger partial charge in [0.2, 0.25) is 5.91 Å². The number of fused-ring (bicyclic) bond motifs is 1. The molecule has 0 atom stereocenters. The van der Waals surface area contributed by atoms with Gasteiger partial charge in [0, 0.05) is 36.0 Å². The Morgan fingerprint density at radius 3 is 2.59 bits per heavy atom. The molecule has 168 valence electrons. The van der Waals surface area contributed by atoms with Crippen LogP contribution in [-0.4, -0.2) is 40.5 Å². The van der Waals surface area contributed by atoms with E-state index in [0.717, 1.165) is 18.2 Å². The molecule has 9 heteroatoms. The third kappa shape index (κ3) is 4.83. The monoisotopic (exact) mass is 453 g/mol. The molecule has 1 saturated carbocycles. The van der Waals surface area contributed by atoms with Crippen LogP contribution in [0.15, 0.2) is 35.2 Å². The number of amides is 3. The zero-order valence-electron chi connectivity index (χ0n) is 18.6. The number of hydrogen-bond acceptors (Lipinski definition) is 5. The minimum absolute atomic E-state index is 0.00514. The van der Waals surface area contributed by atoms with E-state index in [9.17, 15) is 14.4 Å². The highest BCUT2D eigenvalue weighted by Crippen LogP contribution is 2.30. The first-order valence-corrected chi connectivity index (χ1v) is 11.5. The Bertz CT molecular complexity index is 1170. The molecular formula is C23H27N5O3S. The van der Waals surface area contributed by atoms with E-state index < -0.39 is 0 Å². The summed E-state index contributed by atoms with van der Waals surface area (Å²) in [5, 5.41) is 8.22. The van der Waals surface area contributed by atoms with E-state index in [1.165, 1.54) is 15.9 Å². The Kier molecular flexibility index (Phi) is 5.77. The van der Waals surface area contributed by atoms with E-state index in [4.69, 9.17) is 0 Å². The molecule has 0 bridgehead atoms. The first-order valence-electron chi connectivity index (χ1n) is 10.5. The second-order valence-corrected chi connectivity index (χ2v) is 10.1. The first-order chi connectivity index (χ1) is 15.1. The number of hydrogen-bond donors (Lipinski definition) is 2. The SMILES string of the molecule is CN(C(=O)CC(C)(C)C)c1ccc2cc(NC(=O)c3cscn3)n(C(=O)NC3CC3)c2c1. The smallest absolute Gasteiger partial charge is 0.327 e. The van der Waals surface area contributed by atoms with Crippen LogP contribution in [0.1, 0.15) is 50.5 Å². The zero-order chi connectivity index (χ0) is 23.0. The summed E-state index contributed by atoms with van der Waals surface area (Å²) < 4.78 is 1.46. The highest BCUT2D eigenvalue weighted by Gasteiger charge is 2.27. The number of rotatable bonds is 5. The van der Waals surface area contributed by atoms with Gasteiger partial charge in [-0.1, -0.05) is 26.8 Å². The van der Waals surface area contributed by atoms with Crippen LogP contribution in [0.25, 0.3) is 10.9 Å². The summed E-state index contributed by atoms with van der Waals surface area (Å²) in [5.41, 5.74) is 3.04. The molecule has 2 heterocycles. The van der Waals surface area contributed by atoms with Crippen molar-refractivity contribution in [2.75, 3.05) is 17.3 Å². The molecular weight excluding hydrogens is 426 g/mol. The number of nitrogens with zero attached hydrogens (tertiary/aromatic N) is 3. The Labute approximate surface area is 190 Å². The van der Waals surface area contributed by atoms with Crippen molar-refractivity contribution in [1.29, 1.82) is 0 Å². The topological polar surface area (TPSA) is 96.3 Å². The summed E-state index contributed by atoms with van der Waals surface area (Å²) in [4.78, 5) is 44.0. The molecule has 2 aromatic heterocycles. The molecule has 3 aromatic rings. The van der Waals surface area contributed by atoms with E-state index in [2.05, 4.69) is 15.6 Å². The average molecular weight is 454 g/mol. The second kappa shape index (κ2) is 8.38. The van der Waals surface area contributed by atoms with E-state index in [0.29, 0.717) is 29.1 Å². The fraction of sp³-hybridized carbons (Fsp3) is 0.391. The fourth-order valence-electron chi connectivity index (χ4n) is 3.40. The van der Waals surface area contributed by atoms with E-state index in [-0.39, 0.29) is 29.3 Å². The van der Waals surface area contributed by atoms with Crippen molar-refractivity contribution in [3.05, 3.63) is 40.8 Å². The number of carbonyl (C=O) groups is 3. The standard InChI is InChI=1S/C23H27N5O3S/c1-23(2,3)11-20(29)27(4)16-8-5-14-9-19(26-21(30)17-12-32-13-24-17)28(18(14)10-16)22(31)25-15-6-7-15/h5,8-10,12-13,15H,6-7,11H2,1-4H3,(H,25,31)(H,26,30). The van der Waals surface area contributed by atoms with Crippen molar-refractivity contribution in [3.8, 4) is 0 Å². The van der Waals surface area contributed by atoms with Gasteiger partial charge in [0.25, 0.3) is 5.91 Å². The average Bonchev–Trinajstić information content (AvgIpc) is 3.23. The van der Waals surface area contributed by atoms with Crippen molar-refractivity contribution in [2.45, 2.75) is 46.1 Å². The van der Waals surface area contributed by atoms with Gasteiger partial charge >= 0.3 is 6.03 Å². The van der Waals surface area contributed by atoms with Gasteiger partial charge < -0.3 is 15.5 Å². The largest absolute Gasteiger partial charge is 0.335 e. The van der Waals surface area contributed by atoms with Crippen LogP contribution in [-0.2, 0) is 4.79 Å². The molecule has 32 heavy (non-hydrogen) atoms. The van der Waals surface area contributed by atoms with Gasteiger partial charge in [-0.15, -0.1) is 11.3 Å². The number of carbonyl (C=O) groups excluding carboxylic acids is 3.